The van der Waals surface area contributed by atoms with Gasteiger partial charge in [-0.15, -0.1) is 0 Å². The molecule has 0 spiro atoms. The first-order valence-electron chi connectivity index (χ1n) is 17.8. The van der Waals surface area contributed by atoms with Crippen LogP contribution in [0.4, 0.5) is 13.6 Å². The second-order valence-corrected chi connectivity index (χ2v) is 18.6. The molecule has 1 heterocycles. The lowest BCUT2D eigenvalue weighted by Gasteiger charge is -2.40. The summed E-state index contributed by atoms with van der Waals surface area (Å²) in [5, 5.41) is 19.8. The number of fused-ring (bicyclic) bond motifs is 1. The first-order valence-corrected chi connectivity index (χ1v) is 19.9. The number of nitrogens with one attached hydrogen (secondary N) is 4. The summed E-state index contributed by atoms with van der Waals surface area (Å²) in [6.07, 6.45) is 0.882. The number of nitrogens with zero attached hydrogens (tertiary/aromatic N) is 1. The summed E-state index contributed by atoms with van der Waals surface area (Å²) in [6.45, 7) is 9.39. The fourth-order valence-corrected chi connectivity index (χ4v) is 9.37. The number of carbonyl (C=O) groups excluding carboxylic acids is 4. The molecule has 1 aromatic carbocycles. The summed E-state index contributed by atoms with van der Waals surface area (Å²) >= 11 is 0. The van der Waals surface area contributed by atoms with E-state index in [1.807, 2.05) is 13.8 Å². The molecule has 5 atom stereocenters. The largest absolute Gasteiger partial charge is 0.478 e. The fourth-order valence-electron chi connectivity index (χ4n) is 8.01. The Morgan fingerprint density at radius 1 is 1.00 bits per heavy atom. The van der Waals surface area contributed by atoms with Crippen LogP contribution < -0.4 is 21.3 Å². The van der Waals surface area contributed by atoms with E-state index in [1.165, 1.54) is 17.0 Å². The summed E-state index contributed by atoms with van der Waals surface area (Å²) in [7, 11) is -3.44. The third-order valence-corrected chi connectivity index (χ3v) is 11.9. The number of hydrogen-bond acceptors (Lipinski definition) is 7. The molecule has 0 aromatic heterocycles. The molecule has 1 saturated heterocycles. The Morgan fingerprint density at radius 3 is 2.15 bits per heavy atom. The maximum atomic E-state index is 14.3. The van der Waals surface area contributed by atoms with Crippen LogP contribution in [-0.2, 0) is 30.6 Å². The lowest BCUT2D eigenvalue weighted by molar-refractivity contribution is -0.144. The molecule has 3 fully saturated rings. The fraction of sp³-hybridized carbons (Fsp3) is 0.694. The van der Waals surface area contributed by atoms with Gasteiger partial charge in [0.25, 0.3) is 0 Å². The SMILES string of the molecule is CC(C)(C)[C@H](NC(=O)NC1(CS(C)(=O)=O)CCCCC1)C(=O)N1C[C@H]2[C@@H](C1C(=O)NC(CC(F)F)C(=O)NCCc1ccc(C(=O)O)cc1)C2(C)C. The minimum atomic E-state index is -3.44. The van der Waals surface area contributed by atoms with Gasteiger partial charge in [-0.25, -0.2) is 26.8 Å². The van der Waals surface area contributed by atoms with Gasteiger partial charge >= 0.3 is 12.0 Å². The Morgan fingerprint density at radius 2 is 1.62 bits per heavy atom. The monoisotopic (exact) mass is 753 g/mol. The molecular weight excluding hydrogens is 700 g/mol. The van der Waals surface area contributed by atoms with Gasteiger partial charge in [-0.2, -0.15) is 0 Å². The number of rotatable bonds is 14. The quantitative estimate of drug-likeness (QED) is 0.192. The highest BCUT2D eigenvalue weighted by Crippen LogP contribution is 2.65. The van der Waals surface area contributed by atoms with E-state index < -0.39 is 81.5 Å². The van der Waals surface area contributed by atoms with Gasteiger partial charge < -0.3 is 31.3 Å². The smallest absolute Gasteiger partial charge is 0.335 e. The van der Waals surface area contributed by atoms with Crippen molar-refractivity contribution in [1.82, 2.24) is 26.2 Å². The third kappa shape index (κ3) is 9.98. The molecule has 52 heavy (non-hydrogen) atoms. The van der Waals surface area contributed by atoms with Gasteiger partial charge in [-0.1, -0.05) is 66.0 Å². The summed E-state index contributed by atoms with van der Waals surface area (Å²) in [5.41, 5.74) is -1.36. The predicted octanol–water partition coefficient (Wildman–Crippen LogP) is 3.13. The number of carbonyl (C=O) groups is 5. The number of likely N-dealkylation sites (tertiary alicyclic amines) is 1. The van der Waals surface area contributed by atoms with Crippen molar-refractivity contribution in [2.75, 3.05) is 25.1 Å². The van der Waals surface area contributed by atoms with Crippen molar-refractivity contribution < 1.29 is 46.3 Å². The van der Waals surface area contributed by atoms with Gasteiger partial charge in [0.15, 0.2) is 0 Å². The Kier molecular flexibility index (Phi) is 12.3. The number of piperidine rings is 1. The number of carboxylic acid groups (broad SMARTS) is 1. The van der Waals surface area contributed by atoms with Crippen LogP contribution in [0.5, 0.6) is 0 Å². The molecule has 13 nitrogen and oxygen atoms in total. The molecule has 2 saturated carbocycles. The Bertz CT molecular complexity index is 1620. The lowest BCUT2D eigenvalue weighted by atomic mass is 9.83. The van der Waals surface area contributed by atoms with Crippen molar-refractivity contribution in [2.45, 2.75) is 110 Å². The molecule has 4 rings (SSSR count). The number of halogens is 2. The van der Waals surface area contributed by atoms with Crippen LogP contribution >= 0.6 is 0 Å². The van der Waals surface area contributed by atoms with Gasteiger partial charge in [0.2, 0.25) is 24.1 Å². The second-order valence-electron chi connectivity index (χ2n) is 16.4. The first kappa shape index (κ1) is 40.9. The van der Waals surface area contributed by atoms with Gasteiger partial charge in [0.1, 0.15) is 28.0 Å². The van der Waals surface area contributed by atoms with Gasteiger partial charge in [0, 0.05) is 25.8 Å². The topological polar surface area (TPSA) is 191 Å². The average molecular weight is 754 g/mol. The van der Waals surface area contributed by atoms with Crippen LogP contribution in [0.25, 0.3) is 0 Å². The normalized spacial score (nSPS) is 23.2. The Labute approximate surface area is 304 Å². The van der Waals surface area contributed by atoms with Crippen LogP contribution in [0.3, 0.4) is 0 Å². The zero-order valence-electron chi connectivity index (χ0n) is 30.8. The van der Waals surface area contributed by atoms with Gasteiger partial charge in [0.05, 0.1) is 16.9 Å². The number of alkyl halides is 2. The number of carboxylic acids is 1. The van der Waals surface area contributed by atoms with Crippen molar-refractivity contribution >= 4 is 39.6 Å². The van der Waals surface area contributed by atoms with E-state index in [9.17, 15) is 41.2 Å². The molecule has 1 aliphatic heterocycles. The molecule has 3 aliphatic rings. The van der Waals surface area contributed by atoms with Crippen molar-refractivity contribution in [3.05, 3.63) is 35.4 Å². The van der Waals surface area contributed by atoms with Crippen LogP contribution in [0, 0.1) is 22.7 Å². The molecule has 5 N–H and O–H groups in total. The molecule has 16 heteroatoms. The van der Waals surface area contributed by atoms with E-state index in [1.54, 1.807) is 32.9 Å². The van der Waals surface area contributed by atoms with E-state index in [0.717, 1.165) is 25.5 Å². The van der Waals surface area contributed by atoms with Crippen LogP contribution in [0.2, 0.25) is 0 Å². The molecule has 290 valence electrons. The maximum Gasteiger partial charge on any atom is 0.335 e. The minimum absolute atomic E-state index is 0.0408. The molecular formula is C36H53F2N5O8S. The first-order chi connectivity index (χ1) is 24.0. The zero-order valence-corrected chi connectivity index (χ0v) is 31.6. The number of benzene rings is 1. The van der Waals surface area contributed by atoms with Gasteiger partial charge in [-0.3, -0.25) is 14.4 Å². The summed E-state index contributed by atoms with van der Waals surface area (Å²) < 4.78 is 52.0. The molecule has 1 aromatic rings. The molecule has 2 unspecified atom stereocenters. The summed E-state index contributed by atoms with van der Waals surface area (Å²) in [6, 6.07) is 1.49. The van der Waals surface area contributed by atoms with Crippen LogP contribution in [0.1, 0.15) is 89.1 Å². The molecule has 0 bridgehead atoms. The molecule has 0 radical (unpaired) electrons. The standard InChI is InChI=1S/C36H53F2N5O8S/c1-34(2,3)28(41-33(49)42-36(20-52(6,50)51)15-8-7-9-16-36)31(46)43-19-23-26(35(23,4)5)27(43)30(45)40-24(18-25(37)38)29(44)39-17-14-21-10-12-22(13-11-21)32(47)48/h10-13,23-28H,7-9,14-20H2,1-6H3,(H,39,44)(H,40,45)(H,47,48)(H2,41,42,49)/t23-,24?,26-,27?,28+/m0/s1. The number of sulfone groups is 1. The van der Waals surface area contributed by atoms with Crippen molar-refractivity contribution in [2.24, 2.45) is 22.7 Å². The average Bonchev–Trinajstić information content (AvgIpc) is 3.33. The van der Waals surface area contributed by atoms with E-state index in [4.69, 9.17) is 5.11 Å². The van der Waals surface area contributed by atoms with Crippen LogP contribution in [-0.4, -0.2) is 103 Å². The maximum absolute atomic E-state index is 14.3. The van der Waals surface area contributed by atoms with E-state index in [-0.39, 0.29) is 48.1 Å². The Hall–Kier alpha value is -3.82. The summed E-state index contributed by atoms with van der Waals surface area (Å²) in [4.78, 5) is 67.4. The van der Waals surface area contributed by atoms with Crippen molar-refractivity contribution in [3.8, 4) is 0 Å². The molecule has 2 aliphatic carbocycles. The van der Waals surface area contributed by atoms with Crippen molar-refractivity contribution in [1.29, 1.82) is 0 Å². The zero-order chi connectivity index (χ0) is 38.8. The number of hydrogen-bond donors (Lipinski definition) is 5. The highest BCUT2D eigenvalue weighted by Gasteiger charge is 2.70. The molecule has 5 amide bonds. The minimum Gasteiger partial charge on any atom is -0.478 e. The van der Waals surface area contributed by atoms with Gasteiger partial charge in [-0.05, 0) is 59.6 Å². The second kappa shape index (κ2) is 15.7. The third-order valence-electron chi connectivity index (χ3n) is 10.8. The van der Waals surface area contributed by atoms with Crippen molar-refractivity contribution in [3.63, 3.8) is 0 Å². The Balaban J connectivity index is 1.48. The van der Waals surface area contributed by atoms with E-state index >= 15 is 0 Å². The summed E-state index contributed by atoms with van der Waals surface area (Å²) in [5.74, 6) is -3.82. The van der Waals surface area contributed by atoms with E-state index in [2.05, 4.69) is 21.3 Å². The van der Waals surface area contributed by atoms with E-state index in [0.29, 0.717) is 18.4 Å². The highest BCUT2D eigenvalue weighted by molar-refractivity contribution is 7.90. The number of aromatic carboxylic acids is 1. The lowest BCUT2D eigenvalue weighted by Crippen LogP contribution is -2.64. The number of amides is 5. The predicted molar refractivity (Wildman–Crippen MR) is 189 cm³/mol. The van der Waals surface area contributed by atoms with Crippen LogP contribution in [0.15, 0.2) is 24.3 Å². The highest BCUT2D eigenvalue weighted by atomic mass is 32.2. The number of urea groups is 1.